The maximum absolute atomic E-state index is 2.54. The smallest absolute Gasteiger partial charge is 1.00 e. The molecular formula is C22H25Cl3SiTi. The van der Waals surface area contributed by atoms with Gasteiger partial charge in [-0.15, -0.1) is 0 Å². The Labute approximate surface area is 195 Å². The molecule has 0 atom stereocenters. The molecule has 0 bridgehead atoms. The molecular weight excluding hydrogens is 447 g/mol. The van der Waals surface area contributed by atoms with E-state index in [9.17, 15) is 0 Å². The number of halogens is 3. The average molecular weight is 472 g/mol. The topological polar surface area (TPSA) is 0 Å². The Morgan fingerprint density at radius 2 is 1.33 bits per heavy atom. The number of rotatable bonds is 6. The van der Waals surface area contributed by atoms with E-state index in [2.05, 4.69) is 101 Å². The predicted octanol–water partition coefficient (Wildman–Crippen LogP) is -4.25. The van der Waals surface area contributed by atoms with E-state index in [4.69, 9.17) is 0 Å². The van der Waals surface area contributed by atoms with Crippen LogP contribution in [0.25, 0.3) is 0 Å². The van der Waals surface area contributed by atoms with E-state index >= 15 is 0 Å². The molecule has 2 aromatic rings. The van der Waals surface area contributed by atoms with Crippen LogP contribution in [0.5, 0.6) is 0 Å². The van der Waals surface area contributed by atoms with Gasteiger partial charge in [-0.3, -0.25) is 0 Å². The van der Waals surface area contributed by atoms with Crippen LogP contribution >= 0.6 is 0 Å². The molecule has 0 amide bonds. The summed E-state index contributed by atoms with van der Waals surface area (Å²) < 4.78 is 1.59. The summed E-state index contributed by atoms with van der Waals surface area (Å²) in [6.45, 7) is 4.83. The number of unbranched alkanes of at least 4 members (excludes halogenated alkanes) is 1. The van der Waals surface area contributed by atoms with Gasteiger partial charge in [-0.05, 0) is 0 Å². The second-order valence-corrected chi connectivity index (χ2v) is 11.6. The van der Waals surface area contributed by atoms with Crippen molar-refractivity contribution in [3.05, 3.63) is 81.4 Å². The summed E-state index contributed by atoms with van der Waals surface area (Å²) in [7, 11) is -1.93. The Kier molecular flexibility index (Phi) is 12.2. The summed E-state index contributed by atoms with van der Waals surface area (Å²) in [5, 5.41) is 4.73. The van der Waals surface area contributed by atoms with Crippen molar-refractivity contribution in [2.45, 2.75) is 39.2 Å². The molecule has 0 saturated carbocycles. The standard InChI is InChI=1S/C22H25Si.3ClH.Ti/c1-3-4-12-19-13-11-18-22(19)23(2,20-14-7-5-8-15-20)21-16-9-6-10-17-21;;;;/h5-10,13-17H,3-4,11-12H2,1-2H3;3*1H;/q;;;;+3/p-3. The van der Waals surface area contributed by atoms with E-state index in [1.54, 1.807) is 14.6 Å². The molecule has 0 nitrogen and oxygen atoms in total. The van der Waals surface area contributed by atoms with Crippen molar-refractivity contribution in [2.24, 2.45) is 0 Å². The maximum atomic E-state index is 2.54. The van der Waals surface area contributed by atoms with Crippen LogP contribution in [-0.4, -0.2) is 8.07 Å². The van der Waals surface area contributed by atoms with Gasteiger partial charge >= 0.3 is 159 Å². The third kappa shape index (κ3) is 5.63. The largest absolute Gasteiger partial charge is 1.00 e. The molecule has 0 N–H and O–H groups in total. The first-order chi connectivity index (χ1) is 11.7. The van der Waals surface area contributed by atoms with Crippen LogP contribution in [-0.2, 0) is 20.4 Å². The molecule has 27 heavy (non-hydrogen) atoms. The van der Waals surface area contributed by atoms with Crippen LogP contribution in [0.4, 0.5) is 0 Å². The predicted molar refractivity (Wildman–Crippen MR) is 103 cm³/mol. The molecule has 0 aromatic heterocycles. The second-order valence-electron chi connectivity index (χ2n) is 6.75. The van der Waals surface area contributed by atoms with Crippen molar-refractivity contribution in [3.63, 3.8) is 0 Å². The van der Waals surface area contributed by atoms with E-state index in [0.717, 1.165) is 6.42 Å². The Morgan fingerprint density at radius 3 is 1.78 bits per heavy atom. The molecule has 142 valence electrons. The molecule has 0 aliphatic heterocycles. The van der Waals surface area contributed by atoms with Gasteiger partial charge in [-0.2, -0.15) is 0 Å². The summed E-state index contributed by atoms with van der Waals surface area (Å²) in [6.07, 6.45) is 7.41. The van der Waals surface area contributed by atoms with E-state index < -0.39 is 8.07 Å². The van der Waals surface area contributed by atoms with E-state index in [1.807, 2.05) is 0 Å². The summed E-state index contributed by atoms with van der Waals surface area (Å²) in [4.78, 5) is 0. The van der Waals surface area contributed by atoms with Crippen molar-refractivity contribution >= 4 is 18.4 Å². The first-order valence-electron chi connectivity index (χ1n) is 8.93. The third-order valence-electron chi connectivity index (χ3n) is 5.18. The fourth-order valence-electron chi connectivity index (χ4n) is 3.84. The van der Waals surface area contributed by atoms with E-state index in [1.165, 1.54) is 29.6 Å². The van der Waals surface area contributed by atoms with Gasteiger partial charge in [-0.1, -0.05) is 0 Å². The van der Waals surface area contributed by atoms with Gasteiger partial charge in [0.25, 0.3) is 0 Å². The summed E-state index contributed by atoms with van der Waals surface area (Å²) in [5.74, 6) is 0. The van der Waals surface area contributed by atoms with Crippen molar-refractivity contribution in [1.82, 2.24) is 0 Å². The van der Waals surface area contributed by atoms with Gasteiger partial charge in [0.05, 0.1) is 0 Å². The molecule has 0 radical (unpaired) electrons. The number of benzene rings is 2. The van der Waals surface area contributed by atoms with Crippen LogP contribution in [0, 0.1) is 0 Å². The Hall–Kier alpha value is -0.279. The first kappa shape index (κ1) is 26.7. The molecule has 0 fully saturated rings. The molecule has 0 heterocycles. The fraction of sp³-hybridized carbons (Fsp3) is 0.273. The van der Waals surface area contributed by atoms with Crippen molar-refractivity contribution in [3.8, 4) is 0 Å². The van der Waals surface area contributed by atoms with Crippen LogP contribution in [0.1, 0.15) is 32.6 Å². The Balaban J connectivity index is 0.00000225. The summed E-state index contributed by atoms with van der Waals surface area (Å²) in [5.41, 5.74) is 1.62. The van der Waals surface area contributed by atoms with Crippen LogP contribution < -0.4 is 47.6 Å². The van der Waals surface area contributed by atoms with Gasteiger partial charge in [-0.25, -0.2) is 0 Å². The number of hydrogen-bond acceptors (Lipinski definition) is 0. The van der Waals surface area contributed by atoms with E-state index in [-0.39, 0.29) is 37.2 Å². The first-order valence-corrected chi connectivity index (χ1v) is 12.2. The van der Waals surface area contributed by atoms with Crippen LogP contribution in [0.2, 0.25) is 6.55 Å². The minimum atomic E-state index is -1.93. The molecule has 1 aliphatic rings. The van der Waals surface area contributed by atoms with Crippen LogP contribution in [0.3, 0.4) is 0 Å². The van der Waals surface area contributed by atoms with Gasteiger partial charge in [0, 0.05) is 0 Å². The molecule has 3 rings (SSSR count). The second kappa shape index (κ2) is 12.3. The molecule has 0 spiro atoms. The minimum absolute atomic E-state index is 0. The molecule has 2 aromatic carbocycles. The van der Waals surface area contributed by atoms with Crippen molar-refractivity contribution in [2.75, 3.05) is 0 Å². The quantitative estimate of drug-likeness (QED) is 0.375. The van der Waals surface area contributed by atoms with E-state index in [0.29, 0.717) is 0 Å². The normalized spacial score (nSPS) is 13.3. The zero-order valence-corrected chi connectivity index (χ0v) is 20.6. The van der Waals surface area contributed by atoms with Gasteiger partial charge in [0.15, 0.2) is 0 Å². The Morgan fingerprint density at radius 1 is 0.852 bits per heavy atom. The average Bonchev–Trinajstić information content (AvgIpc) is 3.02. The monoisotopic (exact) mass is 470 g/mol. The molecule has 0 unspecified atom stereocenters. The Bertz CT molecular complexity index is 718. The maximum Gasteiger partial charge on any atom is -1.00 e. The van der Waals surface area contributed by atoms with Crippen molar-refractivity contribution in [1.29, 1.82) is 0 Å². The van der Waals surface area contributed by atoms with Gasteiger partial charge in [0.1, 0.15) is 0 Å². The number of allylic oxidation sites excluding steroid dienone is 4. The minimum Gasteiger partial charge on any atom is -1.00 e. The molecule has 5 heteroatoms. The molecule has 1 aliphatic carbocycles. The zero-order valence-electron chi connectivity index (χ0n) is 15.8. The molecule has 0 saturated heterocycles. The third-order valence-corrected chi connectivity index (χ3v) is 10.9. The number of hydrogen-bond donors (Lipinski definition) is 0. The summed E-state index contributed by atoms with van der Waals surface area (Å²) in [6, 6.07) is 22.4. The van der Waals surface area contributed by atoms with Gasteiger partial charge < -0.3 is 37.2 Å². The van der Waals surface area contributed by atoms with Crippen molar-refractivity contribution < 1.29 is 57.7 Å². The fourth-order valence-corrected chi connectivity index (χ4v) is 9.62. The van der Waals surface area contributed by atoms with Crippen LogP contribution in [0.15, 0.2) is 81.4 Å². The zero-order chi connectivity index (χ0) is 17.0. The SMILES string of the molecule is CCCCC1=CC[C]([Ti+3])=C1[Si](C)(c1ccccc1)c1ccccc1.[Cl-].[Cl-].[Cl-]. The summed E-state index contributed by atoms with van der Waals surface area (Å²) >= 11 is 2.35. The van der Waals surface area contributed by atoms with Gasteiger partial charge in [0.2, 0.25) is 0 Å².